The lowest BCUT2D eigenvalue weighted by atomic mass is 9.76. The van der Waals surface area contributed by atoms with Crippen LogP contribution in [0.5, 0.6) is 0 Å². The first-order valence-electron chi connectivity index (χ1n) is 6.97. The summed E-state index contributed by atoms with van der Waals surface area (Å²) in [4.78, 5) is 12.1. The summed E-state index contributed by atoms with van der Waals surface area (Å²) in [6.45, 7) is 0. The first-order chi connectivity index (χ1) is 7.72. The van der Waals surface area contributed by atoms with Gasteiger partial charge in [0.1, 0.15) is 5.78 Å². The van der Waals surface area contributed by atoms with Crippen molar-refractivity contribution in [3.8, 4) is 0 Å². The Labute approximate surface area is 98.4 Å². The van der Waals surface area contributed by atoms with Crippen LogP contribution in [0.4, 0.5) is 0 Å². The van der Waals surface area contributed by atoms with E-state index in [-0.39, 0.29) is 5.92 Å². The lowest BCUT2D eigenvalue weighted by molar-refractivity contribution is -0.133. The van der Waals surface area contributed by atoms with Crippen molar-refractivity contribution < 1.29 is 9.90 Å². The van der Waals surface area contributed by atoms with Gasteiger partial charge in [-0.3, -0.25) is 4.79 Å². The molecule has 0 saturated heterocycles. The molecule has 0 amide bonds. The maximum Gasteiger partial charge on any atom is 0.138 e. The van der Waals surface area contributed by atoms with Crippen molar-refractivity contribution in [2.75, 3.05) is 0 Å². The van der Waals surface area contributed by atoms with E-state index in [0.717, 1.165) is 44.9 Å². The highest BCUT2D eigenvalue weighted by atomic mass is 16.3. The summed E-state index contributed by atoms with van der Waals surface area (Å²) in [6.07, 6.45) is 11.3. The Balaban J connectivity index is 2.09. The average Bonchev–Trinajstić information content (AvgIpc) is 2.59. The van der Waals surface area contributed by atoms with Crippen molar-refractivity contribution >= 4 is 5.78 Å². The Kier molecular flexibility index (Phi) is 4.01. The van der Waals surface area contributed by atoms with Gasteiger partial charge in [-0.25, -0.2) is 0 Å². The maximum atomic E-state index is 12.1. The minimum Gasteiger partial charge on any atom is -0.389 e. The molecule has 0 aliphatic heterocycles. The fraction of sp³-hybridized carbons (Fsp3) is 0.929. The third-order valence-corrected chi connectivity index (χ3v) is 4.42. The molecule has 2 aliphatic carbocycles. The summed E-state index contributed by atoms with van der Waals surface area (Å²) in [5.74, 6) is 0.287. The highest BCUT2D eigenvalue weighted by Crippen LogP contribution is 2.38. The van der Waals surface area contributed by atoms with Crippen LogP contribution in [0.3, 0.4) is 0 Å². The first kappa shape index (κ1) is 12.1. The van der Waals surface area contributed by atoms with Crippen molar-refractivity contribution in [1.29, 1.82) is 0 Å². The molecule has 0 bridgehead atoms. The molecule has 2 aliphatic rings. The molecule has 16 heavy (non-hydrogen) atoms. The smallest absolute Gasteiger partial charge is 0.138 e. The summed E-state index contributed by atoms with van der Waals surface area (Å²) in [6, 6.07) is 0. The third kappa shape index (κ3) is 2.65. The van der Waals surface area contributed by atoms with E-state index >= 15 is 0 Å². The van der Waals surface area contributed by atoms with Gasteiger partial charge >= 0.3 is 0 Å². The average molecular weight is 224 g/mol. The Morgan fingerprint density at radius 1 is 0.938 bits per heavy atom. The highest BCUT2D eigenvalue weighted by molar-refractivity contribution is 5.82. The van der Waals surface area contributed by atoms with E-state index in [1.807, 2.05) is 0 Å². The molecule has 0 heterocycles. The lowest BCUT2D eigenvalue weighted by Gasteiger charge is -2.34. The summed E-state index contributed by atoms with van der Waals surface area (Å²) in [5, 5.41) is 10.8. The zero-order chi connectivity index (χ0) is 11.4. The number of rotatable bonds is 1. The van der Waals surface area contributed by atoms with Crippen LogP contribution in [0.1, 0.15) is 70.6 Å². The van der Waals surface area contributed by atoms with E-state index in [2.05, 4.69) is 0 Å². The zero-order valence-electron chi connectivity index (χ0n) is 10.2. The molecule has 1 unspecified atom stereocenters. The second kappa shape index (κ2) is 5.31. The third-order valence-electron chi connectivity index (χ3n) is 4.42. The fourth-order valence-electron chi connectivity index (χ4n) is 3.42. The molecule has 0 radical (unpaired) electrons. The standard InChI is InChI=1S/C14H24O2/c15-13-9-5-3-4-8-12(13)14(16)10-6-1-2-7-11-14/h12,16H,1-11H2. The van der Waals surface area contributed by atoms with Gasteiger partial charge in [-0.2, -0.15) is 0 Å². The highest BCUT2D eigenvalue weighted by Gasteiger charge is 2.40. The maximum absolute atomic E-state index is 12.1. The van der Waals surface area contributed by atoms with Gasteiger partial charge in [-0.05, 0) is 25.7 Å². The van der Waals surface area contributed by atoms with Crippen LogP contribution in [0.25, 0.3) is 0 Å². The number of hydrogen-bond donors (Lipinski definition) is 1. The normalized spacial score (nSPS) is 31.8. The van der Waals surface area contributed by atoms with Gasteiger partial charge in [0.15, 0.2) is 0 Å². The molecule has 0 aromatic heterocycles. The monoisotopic (exact) mass is 224 g/mol. The van der Waals surface area contributed by atoms with Gasteiger partial charge in [0.25, 0.3) is 0 Å². The van der Waals surface area contributed by atoms with Crippen LogP contribution in [0.2, 0.25) is 0 Å². The quantitative estimate of drug-likeness (QED) is 0.694. The molecular formula is C14H24O2. The molecule has 0 aromatic rings. The second-order valence-corrected chi connectivity index (χ2v) is 5.64. The minimum absolute atomic E-state index is 0.0481. The van der Waals surface area contributed by atoms with Gasteiger partial charge in [0, 0.05) is 12.3 Å². The zero-order valence-corrected chi connectivity index (χ0v) is 10.2. The molecular weight excluding hydrogens is 200 g/mol. The van der Waals surface area contributed by atoms with E-state index in [1.54, 1.807) is 0 Å². The molecule has 2 saturated carbocycles. The number of aliphatic hydroxyl groups is 1. The number of carbonyl (C=O) groups excluding carboxylic acids is 1. The number of carbonyl (C=O) groups is 1. The van der Waals surface area contributed by atoms with Gasteiger partial charge in [-0.1, -0.05) is 38.5 Å². The van der Waals surface area contributed by atoms with Gasteiger partial charge in [0.05, 0.1) is 5.60 Å². The summed E-state index contributed by atoms with van der Waals surface area (Å²) < 4.78 is 0. The van der Waals surface area contributed by atoms with Crippen LogP contribution in [0, 0.1) is 5.92 Å². The van der Waals surface area contributed by atoms with Gasteiger partial charge in [-0.15, -0.1) is 0 Å². The number of Topliss-reactive ketones (excluding diaryl/α,β-unsaturated/α-hetero) is 1. The van der Waals surface area contributed by atoms with Crippen LogP contribution in [0.15, 0.2) is 0 Å². The van der Waals surface area contributed by atoms with Crippen molar-refractivity contribution in [2.24, 2.45) is 5.92 Å². The van der Waals surface area contributed by atoms with E-state index in [1.165, 1.54) is 19.3 Å². The van der Waals surface area contributed by atoms with Crippen LogP contribution < -0.4 is 0 Å². The molecule has 2 nitrogen and oxygen atoms in total. The van der Waals surface area contributed by atoms with Crippen molar-refractivity contribution in [3.05, 3.63) is 0 Å². The van der Waals surface area contributed by atoms with E-state index in [9.17, 15) is 9.90 Å². The van der Waals surface area contributed by atoms with Gasteiger partial charge < -0.3 is 5.11 Å². The SMILES string of the molecule is O=C1CCCCCC1C1(O)CCCCCC1. The summed E-state index contributed by atoms with van der Waals surface area (Å²) in [7, 11) is 0. The largest absolute Gasteiger partial charge is 0.389 e. The predicted octanol–water partition coefficient (Wildman–Crippen LogP) is 3.22. The molecule has 2 fully saturated rings. The first-order valence-corrected chi connectivity index (χ1v) is 6.97. The Morgan fingerprint density at radius 2 is 1.56 bits per heavy atom. The number of ketones is 1. The van der Waals surface area contributed by atoms with E-state index < -0.39 is 5.60 Å². The van der Waals surface area contributed by atoms with E-state index in [0.29, 0.717) is 12.2 Å². The van der Waals surface area contributed by atoms with Crippen molar-refractivity contribution in [2.45, 2.75) is 76.2 Å². The fourth-order valence-corrected chi connectivity index (χ4v) is 3.42. The summed E-state index contributed by atoms with van der Waals surface area (Å²) >= 11 is 0. The molecule has 1 atom stereocenters. The molecule has 0 spiro atoms. The van der Waals surface area contributed by atoms with Gasteiger partial charge in [0.2, 0.25) is 0 Å². The topological polar surface area (TPSA) is 37.3 Å². The predicted molar refractivity (Wildman–Crippen MR) is 64.2 cm³/mol. The molecule has 2 rings (SSSR count). The van der Waals surface area contributed by atoms with Crippen LogP contribution >= 0.6 is 0 Å². The summed E-state index contributed by atoms with van der Waals surface area (Å²) in [5.41, 5.74) is -0.655. The molecule has 2 heteroatoms. The Bertz CT molecular complexity index is 239. The minimum atomic E-state index is -0.655. The molecule has 1 N–H and O–H groups in total. The molecule has 92 valence electrons. The van der Waals surface area contributed by atoms with Crippen LogP contribution in [-0.2, 0) is 4.79 Å². The van der Waals surface area contributed by atoms with Crippen LogP contribution in [-0.4, -0.2) is 16.5 Å². The second-order valence-electron chi connectivity index (χ2n) is 5.64. The van der Waals surface area contributed by atoms with Crippen molar-refractivity contribution in [1.82, 2.24) is 0 Å². The Hall–Kier alpha value is -0.370. The van der Waals surface area contributed by atoms with Crippen molar-refractivity contribution in [3.63, 3.8) is 0 Å². The number of hydrogen-bond acceptors (Lipinski definition) is 2. The molecule has 0 aromatic carbocycles. The van der Waals surface area contributed by atoms with E-state index in [4.69, 9.17) is 0 Å². The Morgan fingerprint density at radius 3 is 2.25 bits per heavy atom. The lowest BCUT2D eigenvalue weighted by Crippen LogP contribution is -2.41.